The van der Waals surface area contributed by atoms with Crippen molar-refractivity contribution in [2.45, 2.75) is 260 Å². The summed E-state index contributed by atoms with van der Waals surface area (Å²) in [6.45, 7) is 19.4. The molecule has 130 heavy (non-hydrogen) atoms. The number of nitrogens with one attached hydrogen (secondary N) is 3. The van der Waals surface area contributed by atoms with Crippen LogP contribution < -0.4 is 32.8 Å². The van der Waals surface area contributed by atoms with Crippen LogP contribution in [0, 0.1) is 49.2 Å². The number of halogens is 2. The SMILES string of the molecule is CC[C@@]1(O)C(=O)CCc2c1cc1n(c2=O)Cc2c-1nc1cc(F)c(C)cc1c2CCCCOCNC(=O)[C@H](C)CC(=O)[C@@H](N)C(C)C.CC[C@@]1(O)C(=O)CCc2c1cc1n(c2=O)Cc2c-1nc1cc(F)c(C)cc1c2CCCCOCNC(=O)[C@H](C)CC(=O)[C@@H](NC(=O)CCCCCN1C(=O)C=CC1=O)C(C)C.O=C(CCCCCN1C(=O)C=CC1=O)ON1C(=O)CCC1=O. The molecule has 0 saturated carbocycles. The van der Waals surface area contributed by atoms with Crippen LogP contribution in [0.4, 0.5) is 8.78 Å². The van der Waals surface area contributed by atoms with Gasteiger partial charge in [-0.2, -0.15) is 0 Å². The molecule has 0 unspecified atom stereocenters. The molecule has 7 aliphatic rings. The molecule has 4 aromatic heterocycles. The van der Waals surface area contributed by atoms with Crippen LogP contribution in [0.3, 0.4) is 0 Å². The van der Waals surface area contributed by atoms with E-state index in [0.717, 1.165) is 44.3 Å². The third-order valence-corrected chi connectivity index (χ3v) is 25.4. The molecule has 34 heteroatoms. The van der Waals surface area contributed by atoms with Crippen LogP contribution in [0.15, 0.2) is 70.3 Å². The number of Topliss-reactive ketones (excluding diaryl/α,β-unsaturated/α-hetero) is 4. The fraction of sp³-hybridized carbons (Fsp3) is 0.521. The van der Waals surface area contributed by atoms with Gasteiger partial charge in [-0.1, -0.05) is 68.2 Å². The number of benzene rings is 2. The van der Waals surface area contributed by atoms with E-state index < -0.39 is 58.7 Å². The number of ether oxygens (including phenoxy) is 2. The van der Waals surface area contributed by atoms with Gasteiger partial charge in [0.15, 0.2) is 23.1 Å². The fourth-order valence-corrected chi connectivity index (χ4v) is 17.5. The van der Waals surface area contributed by atoms with E-state index in [4.69, 9.17) is 30.0 Å². The van der Waals surface area contributed by atoms with Crippen LogP contribution >= 0.6 is 0 Å². The highest BCUT2D eigenvalue weighted by atomic mass is 19.1. The molecule has 0 radical (unpaired) electrons. The molecule has 32 nitrogen and oxygen atoms in total. The smallest absolute Gasteiger partial charge is 0.333 e. The van der Waals surface area contributed by atoms with E-state index in [1.54, 1.807) is 74.9 Å². The van der Waals surface area contributed by atoms with Crippen molar-refractivity contribution >= 4 is 104 Å². The number of hydrogen-bond acceptors (Lipinski definition) is 24. The third-order valence-electron chi connectivity index (χ3n) is 25.4. The number of unbranched alkanes of at least 4 members (excludes halogenated alkanes) is 6. The average Bonchev–Trinajstić information content (AvgIpc) is 1.61. The van der Waals surface area contributed by atoms with Gasteiger partial charge in [0, 0.05) is 170 Å². The van der Waals surface area contributed by atoms with Gasteiger partial charge in [-0.3, -0.25) is 81.7 Å². The van der Waals surface area contributed by atoms with E-state index in [0.29, 0.717) is 176 Å². The lowest BCUT2D eigenvalue weighted by Crippen LogP contribution is -2.45. The zero-order valence-corrected chi connectivity index (χ0v) is 75.5. The van der Waals surface area contributed by atoms with Crippen molar-refractivity contribution in [1.29, 1.82) is 0 Å². The van der Waals surface area contributed by atoms with E-state index in [1.165, 1.54) is 41.3 Å². The van der Waals surface area contributed by atoms with Crippen molar-refractivity contribution in [1.82, 2.24) is 49.9 Å². The molecule has 0 spiro atoms. The molecule has 9 heterocycles. The Morgan fingerprint density at radius 2 is 0.923 bits per heavy atom. The number of carbonyl (C=O) groups excluding carboxylic acids is 14. The standard InChI is InChI=1S/C46H56FN5O9.C36H45FN4O6.C14H16N2O6/c1-6-46(60)33-22-36-43-32(24-52(36)45(59)30(33)14-15-38(46)54)29(31-20-27(4)34(47)23-35(31)49-43)12-9-11-19-61-25-48-44(58)28(5)21-37(53)42(26(2)3)50-39(55)13-8-7-10-18-51-40(56)16-17-41(51)57;1-6-36(46)26-15-29-33-25(17-41(29)35(45)23(26)10-11-31(36)43)22(24-13-20(4)27(37)16-28(24)40-33)9-7-8-12-47-18-39-34(44)21(5)14-30(42)32(38)19(2)3;17-10-5-6-11(18)15(10)9-3-1-2-4-14(21)22-16-12(19)7-8-13(16)20/h16-17,20,22-23,26,28,42,60H,6-15,18-19,21,24-25H2,1-5H3,(H,48,58)(H,50,55);13,15-16,19,21,32,46H,6-12,14,17-18,38H2,1-5H3,(H,39,44);5-6H,1-4,7-9H2/t28-,42+,46+;21-,32+,36+;/m11./s1. The van der Waals surface area contributed by atoms with Crippen molar-refractivity contribution in [3.05, 3.63) is 149 Å². The number of amides is 9. The summed E-state index contributed by atoms with van der Waals surface area (Å²) in [5.41, 5.74) is 11.2. The van der Waals surface area contributed by atoms with E-state index in [1.807, 2.05) is 27.7 Å². The Balaban J connectivity index is 0.000000208. The van der Waals surface area contributed by atoms with Crippen molar-refractivity contribution in [3.8, 4) is 22.8 Å². The number of carbonyl (C=O) groups is 14. The van der Waals surface area contributed by atoms with Gasteiger partial charge >= 0.3 is 5.97 Å². The molecule has 2 aromatic carbocycles. The molecule has 2 aliphatic carbocycles. The topological polar surface area (TPSA) is 449 Å². The molecule has 9 amide bonds. The Labute approximate surface area is 751 Å². The van der Waals surface area contributed by atoms with Crippen molar-refractivity contribution in [2.24, 2.45) is 29.4 Å². The lowest BCUT2D eigenvalue weighted by atomic mass is 9.77. The molecular formula is C96H117F2N11O21. The van der Waals surface area contributed by atoms with Gasteiger partial charge in [-0.15, -0.1) is 5.06 Å². The summed E-state index contributed by atoms with van der Waals surface area (Å²) in [7, 11) is 0. The van der Waals surface area contributed by atoms with Crippen molar-refractivity contribution in [2.75, 3.05) is 39.8 Å². The number of rotatable bonds is 40. The molecule has 1 fully saturated rings. The highest BCUT2D eigenvalue weighted by Crippen LogP contribution is 2.44. The van der Waals surface area contributed by atoms with Crippen molar-refractivity contribution < 1.29 is 100 Å². The quantitative estimate of drug-likeness (QED) is 0.0119. The molecule has 5 aliphatic heterocycles. The van der Waals surface area contributed by atoms with Gasteiger partial charge in [0.2, 0.25) is 17.7 Å². The minimum absolute atomic E-state index is 0.00953. The lowest BCUT2D eigenvalue weighted by Gasteiger charge is -2.32. The summed E-state index contributed by atoms with van der Waals surface area (Å²) in [5.74, 6) is -6.97. The van der Waals surface area contributed by atoms with Gasteiger partial charge < -0.3 is 55.3 Å². The van der Waals surface area contributed by atoms with Crippen LogP contribution in [0.2, 0.25) is 0 Å². The minimum Gasteiger partial charge on any atom is -0.377 e. The largest absolute Gasteiger partial charge is 0.377 e. The molecular weight excluding hydrogens is 1680 g/mol. The maximum absolute atomic E-state index is 14.9. The monoisotopic (exact) mass is 1800 g/mol. The number of aliphatic hydroxyl groups is 2. The average molecular weight is 1800 g/mol. The number of imide groups is 3. The Kier molecular flexibility index (Phi) is 33.0. The second kappa shape index (κ2) is 43.3. The number of fused-ring (bicyclic) bond motifs is 10. The van der Waals surface area contributed by atoms with Crippen LogP contribution in [0.25, 0.3) is 44.6 Å². The van der Waals surface area contributed by atoms with E-state index in [2.05, 4.69) is 16.0 Å². The number of aryl methyl sites for hydroxylation is 4. The molecule has 6 aromatic rings. The third kappa shape index (κ3) is 22.3. The maximum Gasteiger partial charge on any atom is 0.333 e. The molecule has 0 bridgehead atoms. The minimum atomic E-state index is -1.75. The lowest BCUT2D eigenvalue weighted by molar-refractivity contribution is -0.197. The van der Waals surface area contributed by atoms with Gasteiger partial charge in [-0.05, 0) is 162 Å². The van der Waals surface area contributed by atoms with E-state index in [9.17, 15) is 95.7 Å². The Bertz CT molecular complexity index is 5640. The second-order valence-electron chi connectivity index (χ2n) is 35.3. The van der Waals surface area contributed by atoms with Crippen LogP contribution in [-0.4, -0.2) is 178 Å². The summed E-state index contributed by atoms with van der Waals surface area (Å²) < 4.78 is 44.3. The first-order valence-corrected chi connectivity index (χ1v) is 45.1. The first-order chi connectivity index (χ1) is 61.8. The van der Waals surface area contributed by atoms with Gasteiger partial charge in [-0.25, -0.2) is 23.5 Å². The molecule has 13 rings (SSSR count). The molecule has 6 atom stereocenters. The van der Waals surface area contributed by atoms with E-state index >= 15 is 0 Å². The maximum atomic E-state index is 14.9. The van der Waals surface area contributed by atoms with Crippen LogP contribution in [0.5, 0.6) is 0 Å². The summed E-state index contributed by atoms with van der Waals surface area (Å²) in [4.78, 5) is 213. The predicted octanol–water partition coefficient (Wildman–Crippen LogP) is 8.68. The number of hydrogen-bond donors (Lipinski definition) is 6. The summed E-state index contributed by atoms with van der Waals surface area (Å²) >= 11 is 0. The Morgan fingerprint density at radius 3 is 1.33 bits per heavy atom. The summed E-state index contributed by atoms with van der Waals surface area (Å²) in [6, 6.07) is 8.49. The zero-order chi connectivity index (χ0) is 94.5. The first-order valence-electron chi connectivity index (χ1n) is 45.1. The summed E-state index contributed by atoms with van der Waals surface area (Å²) in [6.07, 6.45) is 13.7. The molecule has 696 valence electrons. The number of ketones is 4. The van der Waals surface area contributed by atoms with Crippen LogP contribution in [0.1, 0.15) is 239 Å². The molecule has 7 N–H and O–H groups in total. The van der Waals surface area contributed by atoms with Crippen molar-refractivity contribution in [3.63, 3.8) is 0 Å². The van der Waals surface area contributed by atoms with Gasteiger partial charge in [0.1, 0.15) is 36.3 Å². The van der Waals surface area contributed by atoms with E-state index in [-0.39, 0.29) is 190 Å². The zero-order valence-electron chi connectivity index (χ0n) is 75.5. The second-order valence-corrected chi connectivity index (χ2v) is 35.3. The normalized spacial score (nSPS) is 17.9. The number of hydroxylamine groups is 2. The number of nitrogens with zero attached hydrogens (tertiary/aromatic N) is 7. The first kappa shape index (κ1) is 98.9. The van der Waals surface area contributed by atoms with Gasteiger partial charge in [0.05, 0.1) is 59.0 Å². The van der Waals surface area contributed by atoms with Gasteiger partial charge in [0.25, 0.3) is 46.6 Å². The number of pyridine rings is 4. The summed E-state index contributed by atoms with van der Waals surface area (Å²) in [5, 5.41) is 33.1. The highest BCUT2D eigenvalue weighted by molar-refractivity contribution is 6.13. The fourth-order valence-electron chi connectivity index (χ4n) is 17.5. The Hall–Kier alpha value is -11.7. The predicted molar refractivity (Wildman–Crippen MR) is 472 cm³/mol. The number of aromatic nitrogens is 4. The Morgan fingerprint density at radius 1 is 0.508 bits per heavy atom. The van der Waals surface area contributed by atoms with Crippen LogP contribution in [-0.2, 0) is 131 Å². The molecule has 1 saturated heterocycles. The number of nitrogens with two attached hydrogens (primary N) is 1. The highest BCUT2D eigenvalue weighted by Gasteiger charge is 2.46.